The van der Waals surface area contributed by atoms with Crippen LogP contribution in [0.1, 0.15) is 46.5 Å². The van der Waals surface area contributed by atoms with E-state index in [1.807, 2.05) is 0 Å². The third kappa shape index (κ3) is 4.78. The Hall–Kier alpha value is 0.310. The van der Waals surface area contributed by atoms with Crippen molar-refractivity contribution in [3.8, 4) is 0 Å². The molecule has 0 aromatic rings. The third-order valence-electron chi connectivity index (χ3n) is 2.46. The second kappa shape index (κ2) is 7.56. The third-order valence-corrected chi connectivity index (χ3v) is 4.23. The highest BCUT2D eigenvalue weighted by Gasteiger charge is 2.29. The number of nitrogens with zero attached hydrogens (tertiary/aromatic N) is 1. The van der Waals surface area contributed by atoms with E-state index in [4.69, 9.17) is 9.05 Å². The first-order chi connectivity index (χ1) is 7.27. The predicted molar refractivity (Wildman–Crippen MR) is 64.8 cm³/mol. The lowest BCUT2D eigenvalue weighted by Gasteiger charge is -2.25. The molecule has 1 fully saturated rings. The van der Waals surface area contributed by atoms with Gasteiger partial charge in [0, 0.05) is 13.1 Å². The Morgan fingerprint density at radius 2 is 1.80 bits per heavy atom. The van der Waals surface area contributed by atoms with Gasteiger partial charge in [0.25, 0.3) is 8.53 Å². The Morgan fingerprint density at radius 3 is 2.20 bits per heavy atom. The van der Waals surface area contributed by atoms with Gasteiger partial charge in [0.15, 0.2) is 0 Å². The number of hydrogen-bond donors (Lipinski definition) is 0. The minimum atomic E-state index is -0.738. The molecule has 0 aromatic carbocycles. The molecule has 0 aromatic heterocycles. The molecule has 1 rings (SSSR count). The van der Waals surface area contributed by atoms with Gasteiger partial charge in [-0.1, -0.05) is 26.7 Å². The molecule has 0 bridgehead atoms. The second-order valence-electron chi connectivity index (χ2n) is 4.11. The maximum atomic E-state index is 5.79. The largest absolute Gasteiger partial charge is 0.319 e. The average Bonchev–Trinajstić information content (AvgIpc) is 2.65. The summed E-state index contributed by atoms with van der Waals surface area (Å²) in [4.78, 5) is 0. The van der Waals surface area contributed by atoms with E-state index in [1.165, 1.54) is 25.7 Å². The molecule has 15 heavy (non-hydrogen) atoms. The summed E-state index contributed by atoms with van der Waals surface area (Å²) in [5.41, 5.74) is 0. The predicted octanol–water partition coefficient (Wildman–Crippen LogP) is 3.55. The SMILES string of the molecule is CCCCN(CCCC)P1OCC(C)O1. The van der Waals surface area contributed by atoms with Crippen molar-refractivity contribution in [1.29, 1.82) is 0 Å². The molecule has 1 aliphatic rings. The van der Waals surface area contributed by atoms with Crippen molar-refractivity contribution >= 4 is 8.53 Å². The van der Waals surface area contributed by atoms with Crippen LogP contribution < -0.4 is 0 Å². The van der Waals surface area contributed by atoms with E-state index >= 15 is 0 Å². The summed E-state index contributed by atoms with van der Waals surface area (Å²) in [6.07, 6.45) is 5.23. The zero-order valence-electron chi connectivity index (χ0n) is 10.2. The van der Waals surface area contributed by atoms with Crippen LogP contribution in [0.5, 0.6) is 0 Å². The van der Waals surface area contributed by atoms with Crippen LogP contribution in [0.25, 0.3) is 0 Å². The van der Waals surface area contributed by atoms with E-state index in [1.54, 1.807) is 0 Å². The zero-order chi connectivity index (χ0) is 11.1. The molecule has 3 nitrogen and oxygen atoms in total. The first-order valence-corrected chi connectivity index (χ1v) is 7.25. The molecule has 1 saturated heterocycles. The normalized spacial score (nSPS) is 26.4. The standard InChI is InChI=1S/C11H24NO2P/c1-4-6-8-12(9-7-5-2)15-13-10-11(3)14-15/h11H,4-10H2,1-3H3. The van der Waals surface area contributed by atoms with E-state index in [0.717, 1.165) is 19.7 Å². The van der Waals surface area contributed by atoms with Crippen molar-refractivity contribution in [3.05, 3.63) is 0 Å². The minimum Gasteiger partial charge on any atom is -0.319 e. The molecule has 0 N–H and O–H groups in total. The summed E-state index contributed by atoms with van der Waals surface area (Å²) in [5.74, 6) is 0. The summed E-state index contributed by atoms with van der Waals surface area (Å²) in [5, 5.41) is 0. The fraction of sp³-hybridized carbons (Fsp3) is 1.00. The summed E-state index contributed by atoms with van der Waals surface area (Å²) in [6, 6.07) is 0. The number of unbranched alkanes of at least 4 members (excludes halogenated alkanes) is 2. The smallest absolute Gasteiger partial charge is 0.259 e. The Bertz CT molecular complexity index is 161. The molecule has 2 atom stereocenters. The van der Waals surface area contributed by atoms with Gasteiger partial charge in [-0.05, 0) is 19.8 Å². The van der Waals surface area contributed by atoms with Crippen molar-refractivity contribution in [2.24, 2.45) is 0 Å². The Labute approximate surface area is 95.1 Å². The quantitative estimate of drug-likeness (QED) is 0.628. The van der Waals surface area contributed by atoms with Gasteiger partial charge >= 0.3 is 0 Å². The fourth-order valence-corrected chi connectivity index (χ4v) is 3.16. The number of hydrogen-bond acceptors (Lipinski definition) is 3. The van der Waals surface area contributed by atoms with Crippen LogP contribution in [-0.2, 0) is 9.05 Å². The van der Waals surface area contributed by atoms with Gasteiger partial charge in [0.05, 0.1) is 12.7 Å². The van der Waals surface area contributed by atoms with Crippen molar-refractivity contribution < 1.29 is 9.05 Å². The molecule has 2 unspecified atom stereocenters. The summed E-state index contributed by atoms with van der Waals surface area (Å²) in [6.45, 7) is 9.54. The van der Waals surface area contributed by atoms with Crippen molar-refractivity contribution in [2.75, 3.05) is 19.7 Å². The second-order valence-corrected chi connectivity index (χ2v) is 5.62. The van der Waals surface area contributed by atoms with Crippen LogP contribution in [0.2, 0.25) is 0 Å². The monoisotopic (exact) mass is 233 g/mol. The Balaban J connectivity index is 2.32. The van der Waals surface area contributed by atoms with E-state index < -0.39 is 8.53 Å². The minimum absolute atomic E-state index is 0.280. The van der Waals surface area contributed by atoms with E-state index in [2.05, 4.69) is 25.4 Å². The van der Waals surface area contributed by atoms with Gasteiger partial charge in [-0.2, -0.15) is 0 Å². The van der Waals surface area contributed by atoms with Gasteiger partial charge in [-0.25, -0.2) is 4.67 Å². The molecular weight excluding hydrogens is 209 g/mol. The first kappa shape index (κ1) is 13.4. The summed E-state index contributed by atoms with van der Waals surface area (Å²) < 4.78 is 13.9. The molecule has 0 spiro atoms. The van der Waals surface area contributed by atoms with E-state index in [-0.39, 0.29) is 6.10 Å². The summed E-state index contributed by atoms with van der Waals surface area (Å²) in [7, 11) is -0.738. The van der Waals surface area contributed by atoms with Crippen molar-refractivity contribution in [3.63, 3.8) is 0 Å². The van der Waals surface area contributed by atoms with Gasteiger partial charge in [-0.15, -0.1) is 0 Å². The van der Waals surface area contributed by atoms with Gasteiger partial charge in [-0.3, -0.25) is 0 Å². The Morgan fingerprint density at radius 1 is 1.20 bits per heavy atom. The van der Waals surface area contributed by atoms with Crippen LogP contribution in [0, 0.1) is 0 Å². The zero-order valence-corrected chi connectivity index (χ0v) is 11.1. The first-order valence-electron chi connectivity index (χ1n) is 6.12. The maximum absolute atomic E-state index is 5.79. The Kier molecular flexibility index (Phi) is 6.74. The van der Waals surface area contributed by atoms with Crippen molar-refractivity contribution in [1.82, 2.24) is 4.67 Å². The molecule has 4 heteroatoms. The van der Waals surface area contributed by atoms with Crippen LogP contribution in [0.15, 0.2) is 0 Å². The average molecular weight is 233 g/mol. The van der Waals surface area contributed by atoms with Crippen LogP contribution >= 0.6 is 8.53 Å². The molecule has 0 aliphatic carbocycles. The molecule has 90 valence electrons. The lowest BCUT2D eigenvalue weighted by molar-refractivity contribution is 0.254. The van der Waals surface area contributed by atoms with Gasteiger partial charge < -0.3 is 9.05 Å². The highest BCUT2D eigenvalue weighted by Crippen LogP contribution is 2.48. The summed E-state index contributed by atoms with van der Waals surface area (Å²) >= 11 is 0. The molecule has 0 amide bonds. The van der Waals surface area contributed by atoms with Crippen molar-refractivity contribution in [2.45, 2.75) is 52.6 Å². The van der Waals surface area contributed by atoms with E-state index in [9.17, 15) is 0 Å². The maximum Gasteiger partial charge on any atom is 0.259 e. The van der Waals surface area contributed by atoms with E-state index in [0.29, 0.717) is 0 Å². The van der Waals surface area contributed by atoms with Crippen LogP contribution in [0.3, 0.4) is 0 Å². The molecule has 0 saturated carbocycles. The van der Waals surface area contributed by atoms with Gasteiger partial charge in [0.2, 0.25) is 0 Å². The lowest BCUT2D eigenvalue weighted by Crippen LogP contribution is -2.21. The number of rotatable bonds is 7. The molecular formula is C11H24NO2P. The van der Waals surface area contributed by atoms with Crippen LogP contribution in [-0.4, -0.2) is 30.5 Å². The molecule has 1 aliphatic heterocycles. The fourth-order valence-electron chi connectivity index (χ4n) is 1.49. The topological polar surface area (TPSA) is 21.7 Å². The highest BCUT2D eigenvalue weighted by molar-refractivity contribution is 7.44. The lowest BCUT2D eigenvalue weighted by atomic mass is 10.3. The highest BCUT2D eigenvalue weighted by atomic mass is 31.2. The molecule has 1 heterocycles. The van der Waals surface area contributed by atoms with Crippen LogP contribution in [0.4, 0.5) is 0 Å². The molecule has 0 radical (unpaired) electrons. The van der Waals surface area contributed by atoms with Gasteiger partial charge in [0.1, 0.15) is 0 Å².